The van der Waals surface area contributed by atoms with E-state index < -0.39 is 0 Å². The van der Waals surface area contributed by atoms with E-state index in [9.17, 15) is 4.79 Å². The first kappa shape index (κ1) is 18.1. The van der Waals surface area contributed by atoms with Crippen molar-refractivity contribution in [2.75, 3.05) is 13.7 Å². The first-order valence-corrected chi connectivity index (χ1v) is 9.23. The lowest BCUT2D eigenvalue weighted by molar-refractivity contribution is -0.120. The average Bonchev–Trinajstić information content (AvgIpc) is 3.03. The fourth-order valence-electron chi connectivity index (χ4n) is 2.59. The fourth-order valence-corrected chi connectivity index (χ4v) is 3.66. The number of methoxy groups -OCH3 is 1. The number of amides is 1. The minimum Gasteiger partial charge on any atom is -0.497 e. The van der Waals surface area contributed by atoms with Crippen molar-refractivity contribution >= 4 is 17.2 Å². The number of pyridine rings is 1. The Bertz CT molecular complexity index is 878. The molecule has 5 nitrogen and oxygen atoms in total. The predicted molar refractivity (Wildman–Crippen MR) is 103 cm³/mol. The molecule has 0 aliphatic rings. The number of hydrogen-bond acceptors (Lipinski definition) is 5. The molecule has 1 amide bonds. The molecule has 0 saturated heterocycles. The zero-order valence-electron chi connectivity index (χ0n) is 14.9. The fraction of sp³-hybridized carbons (Fsp3) is 0.250. The highest BCUT2D eigenvalue weighted by molar-refractivity contribution is 7.15. The molecule has 1 aromatic carbocycles. The largest absolute Gasteiger partial charge is 0.497 e. The number of thiazole rings is 1. The molecule has 0 radical (unpaired) electrons. The first-order valence-electron chi connectivity index (χ1n) is 8.42. The summed E-state index contributed by atoms with van der Waals surface area (Å²) >= 11 is 1.56. The number of benzene rings is 1. The van der Waals surface area contributed by atoms with Gasteiger partial charge in [0.1, 0.15) is 10.8 Å². The molecule has 6 heteroatoms. The zero-order valence-corrected chi connectivity index (χ0v) is 15.7. The van der Waals surface area contributed by atoms with Gasteiger partial charge in [-0.25, -0.2) is 4.98 Å². The lowest BCUT2D eigenvalue weighted by Gasteiger charge is -2.06. The quantitative estimate of drug-likeness (QED) is 0.695. The summed E-state index contributed by atoms with van der Waals surface area (Å²) in [6.45, 7) is 2.54. The van der Waals surface area contributed by atoms with Crippen molar-refractivity contribution in [3.63, 3.8) is 0 Å². The van der Waals surface area contributed by atoms with Gasteiger partial charge in [-0.2, -0.15) is 0 Å². The van der Waals surface area contributed by atoms with E-state index >= 15 is 0 Å². The van der Waals surface area contributed by atoms with Crippen LogP contribution in [0.5, 0.6) is 5.75 Å². The van der Waals surface area contributed by atoms with Gasteiger partial charge in [-0.15, -0.1) is 11.3 Å². The van der Waals surface area contributed by atoms with Gasteiger partial charge in [0.05, 0.1) is 19.2 Å². The van der Waals surface area contributed by atoms with Gasteiger partial charge in [0.2, 0.25) is 5.91 Å². The normalized spacial score (nSPS) is 10.5. The predicted octanol–water partition coefficient (Wildman–Crippen LogP) is 3.42. The van der Waals surface area contributed by atoms with Gasteiger partial charge >= 0.3 is 0 Å². The summed E-state index contributed by atoms with van der Waals surface area (Å²) in [5, 5.41) is 3.90. The summed E-state index contributed by atoms with van der Waals surface area (Å²) in [6, 6.07) is 11.7. The maximum Gasteiger partial charge on any atom is 0.225 e. The number of hydrogen-bond donors (Lipinski definition) is 1. The number of rotatable bonds is 7. The van der Waals surface area contributed by atoms with Crippen LogP contribution < -0.4 is 10.1 Å². The Hall–Kier alpha value is -2.73. The highest BCUT2D eigenvalue weighted by atomic mass is 32.1. The van der Waals surface area contributed by atoms with E-state index in [0.717, 1.165) is 38.9 Å². The molecular formula is C20H21N3O2S. The van der Waals surface area contributed by atoms with Gasteiger partial charge in [0.15, 0.2) is 0 Å². The second-order valence-electron chi connectivity index (χ2n) is 5.89. The Morgan fingerprint density at radius 2 is 2.04 bits per heavy atom. The SMILES string of the molecule is COc1cccc(CCNC(=O)Cc2sc(-c3ccncc3)nc2C)c1. The molecule has 3 aromatic rings. The van der Waals surface area contributed by atoms with Crippen molar-refractivity contribution < 1.29 is 9.53 Å². The Morgan fingerprint density at radius 3 is 2.81 bits per heavy atom. The van der Waals surface area contributed by atoms with Crippen LogP contribution in [0.3, 0.4) is 0 Å². The van der Waals surface area contributed by atoms with E-state index in [1.54, 1.807) is 30.8 Å². The van der Waals surface area contributed by atoms with E-state index in [1.807, 2.05) is 43.3 Å². The Morgan fingerprint density at radius 1 is 1.23 bits per heavy atom. The average molecular weight is 367 g/mol. The summed E-state index contributed by atoms with van der Waals surface area (Å²) in [6.07, 6.45) is 4.62. The third-order valence-electron chi connectivity index (χ3n) is 4.01. The molecule has 2 aromatic heterocycles. The lowest BCUT2D eigenvalue weighted by atomic mass is 10.1. The molecule has 0 aliphatic heterocycles. The van der Waals surface area contributed by atoms with Crippen molar-refractivity contribution in [3.05, 3.63) is 64.9 Å². The van der Waals surface area contributed by atoms with Crippen LogP contribution in [0.2, 0.25) is 0 Å². The number of nitrogens with one attached hydrogen (secondary N) is 1. The summed E-state index contributed by atoms with van der Waals surface area (Å²) in [7, 11) is 1.65. The maximum absolute atomic E-state index is 12.3. The number of carbonyl (C=O) groups is 1. The van der Waals surface area contributed by atoms with Crippen LogP contribution in [-0.4, -0.2) is 29.5 Å². The van der Waals surface area contributed by atoms with Gasteiger partial charge in [0.25, 0.3) is 0 Å². The van der Waals surface area contributed by atoms with E-state index in [1.165, 1.54) is 0 Å². The van der Waals surface area contributed by atoms with Crippen LogP contribution in [0.15, 0.2) is 48.8 Å². The van der Waals surface area contributed by atoms with Crippen molar-refractivity contribution in [1.29, 1.82) is 0 Å². The number of nitrogens with zero attached hydrogens (tertiary/aromatic N) is 2. The Kier molecular flexibility index (Phi) is 5.96. The minimum absolute atomic E-state index is 0.0147. The van der Waals surface area contributed by atoms with Crippen LogP contribution in [-0.2, 0) is 17.6 Å². The summed E-state index contributed by atoms with van der Waals surface area (Å²) in [5.74, 6) is 0.846. The van der Waals surface area contributed by atoms with E-state index in [4.69, 9.17) is 4.74 Å². The Balaban J connectivity index is 1.54. The van der Waals surface area contributed by atoms with Crippen molar-refractivity contribution in [2.45, 2.75) is 19.8 Å². The molecule has 2 heterocycles. The molecule has 0 unspecified atom stereocenters. The van der Waals surface area contributed by atoms with Gasteiger partial charge in [-0.1, -0.05) is 12.1 Å². The van der Waals surface area contributed by atoms with Crippen LogP contribution >= 0.6 is 11.3 Å². The van der Waals surface area contributed by atoms with Crippen molar-refractivity contribution in [1.82, 2.24) is 15.3 Å². The lowest BCUT2D eigenvalue weighted by Crippen LogP contribution is -2.27. The van der Waals surface area contributed by atoms with Crippen molar-refractivity contribution in [3.8, 4) is 16.3 Å². The van der Waals surface area contributed by atoms with Crippen molar-refractivity contribution in [2.24, 2.45) is 0 Å². The highest BCUT2D eigenvalue weighted by Gasteiger charge is 2.12. The number of ether oxygens (including phenoxy) is 1. The van der Waals surface area contributed by atoms with Crippen LogP contribution in [0.1, 0.15) is 16.1 Å². The molecule has 0 fully saturated rings. The van der Waals surface area contributed by atoms with Gasteiger partial charge in [-0.3, -0.25) is 9.78 Å². The molecule has 0 aliphatic carbocycles. The second kappa shape index (κ2) is 8.58. The molecular weight excluding hydrogens is 346 g/mol. The monoisotopic (exact) mass is 367 g/mol. The van der Waals surface area contributed by atoms with Crippen LogP contribution in [0.25, 0.3) is 10.6 Å². The second-order valence-corrected chi connectivity index (χ2v) is 6.98. The molecule has 3 rings (SSSR count). The number of aromatic nitrogens is 2. The highest BCUT2D eigenvalue weighted by Crippen LogP contribution is 2.27. The smallest absolute Gasteiger partial charge is 0.225 e. The van der Waals surface area contributed by atoms with E-state index in [-0.39, 0.29) is 5.91 Å². The zero-order chi connectivity index (χ0) is 18.4. The van der Waals surface area contributed by atoms with E-state index in [0.29, 0.717) is 13.0 Å². The molecule has 0 saturated carbocycles. The van der Waals surface area contributed by atoms with Gasteiger partial charge in [-0.05, 0) is 43.2 Å². The molecule has 134 valence electrons. The Labute approximate surface area is 157 Å². The molecule has 26 heavy (non-hydrogen) atoms. The third kappa shape index (κ3) is 4.67. The van der Waals surface area contributed by atoms with Gasteiger partial charge in [0, 0.05) is 29.4 Å². The topological polar surface area (TPSA) is 64.1 Å². The minimum atomic E-state index is 0.0147. The maximum atomic E-state index is 12.3. The molecule has 0 spiro atoms. The number of carbonyl (C=O) groups excluding carboxylic acids is 1. The van der Waals surface area contributed by atoms with E-state index in [2.05, 4.69) is 15.3 Å². The summed E-state index contributed by atoms with van der Waals surface area (Å²) in [5.41, 5.74) is 3.07. The van der Waals surface area contributed by atoms with Crippen LogP contribution in [0.4, 0.5) is 0 Å². The van der Waals surface area contributed by atoms with Crippen LogP contribution in [0, 0.1) is 6.92 Å². The number of aryl methyl sites for hydroxylation is 1. The standard InChI is InChI=1S/C20H21N3O2S/c1-14-18(26-20(23-14)16-7-9-21-10-8-16)13-19(24)22-11-6-15-4-3-5-17(12-15)25-2/h3-5,7-10,12H,6,11,13H2,1-2H3,(H,22,24). The third-order valence-corrected chi connectivity index (χ3v) is 5.22. The summed E-state index contributed by atoms with van der Waals surface area (Å²) < 4.78 is 5.22. The summed E-state index contributed by atoms with van der Waals surface area (Å²) in [4.78, 5) is 21.9. The molecule has 0 atom stereocenters. The first-order chi connectivity index (χ1) is 12.7. The molecule has 1 N–H and O–H groups in total. The molecule has 0 bridgehead atoms. The van der Waals surface area contributed by atoms with Gasteiger partial charge < -0.3 is 10.1 Å².